The van der Waals surface area contributed by atoms with Gasteiger partial charge in [0.15, 0.2) is 0 Å². The summed E-state index contributed by atoms with van der Waals surface area (Å²) in [5, 5.41) is 29.8. The second kappa shape index (κ2) is 26.5. The first kappa shape index (κ1) is 67.5. The van der Waals surface area contributed by atoms with E-state index < -0.39 is 30.1 Å². The molecule has 1 amide bonds. The zero-order valence-corrected chi connectivity index (χ0v) is 56.5. The van der Waals surface area contributed by atoms with Gasteiger partial charge < -0.3 is 26.0 Å². The van der Waals surface area contributed by atoms with Crippen LogP contribution >= 0.6 is 0 Å². The van der Waals surface area contributed by atoms with E-state index in [4.69, 9.17) is 20.2 Å². The first-order chi connectivity index (χ1) is 43.1. The van der Waals surface area contributed by atoms with E-state index >= 15 is 0 Å². The van der Waals surface area contributed by atoms with Crippen LogP contribution in [0.3, 0.4) is 0 Å². The van der Waals surface area contributed by atoms with E-state index in [2.05, 4.69) is 103 Å². The predicted octanol–water partition coefficient (Wildman–Crippen LogP) is 14.6. The number of ether oxygens (including phenoxy) is 1. The number of hydrogen-bond acceptors (Lipinski definition) is 12. The standard InChI is InChI=1S/C25H32N2O2S.C24H29N3O3S.C24H28N2O4S/c1-25(2,3)15-5-6-17-9-11-18(12-10-17)24-21-8-4-7-20(21)22-16-19(30(26,28)29)13-14-23(22)27-24;1-24(2,3)14-22(28)26-16-9-7-15(8-10-16)23-19-6-4-5-18(19)20-13-17(31(25,29)30)11-12-21(20)27-23;1-24(2,3)14-22(27)30-16-9-7-15(8-10-16)23-19-6-4-5-18(19)20-13-17(31(25,28)29)11-12-21(20)26-23/h4,7,9-14,16,20-21,24,27H,5-6,8,15H2,1-3H3,(H2,26,28,29);4-5,7-13,18-19,23,27H,6,14H2,1-3H3,(H,26,28)(H2,25,29,30);4-5,7-13,18-19,23,26H,6,14H2,1-3H3,(H2,25,28,29)/t20-,21+,24+;2*18-,19+,23+/m000/s1. The molecule has 0 saturated heterocycles. The quantitative estimate of drug-likeness (QED) is 0.0323. The predicted molar refractivity (Wildman–Crippen MR) is 367 cm³/mol. The van der Waals surface area contributed by atoms with Gasteiger partial charge in [0.2, 0.25) is 36.0 Å². The summed E-state index contributed by atoms with van der Waals surface area (Å²) in [6.45, 7) is 19.0. The van der Waals surface area contributed by atoms with Crippen molar-refractivity contribution in [1.29, 1.82) is 0 Å². The van der Waals surface area contributed by atoms with Crippen LogP contribution in [0.15, 0.2) is 179 Å². The van der Waals surface area contributed by atoms with Crippen LogP contribution in [0.1, 0.15) is 182 Å². The van der Waals surface area contributed by atoms with Gasteiger partial charge in [0.05, 0.1) is 39.2 Å². The minimum Gasteiger partial charge on any atom is -0.427 e. The van der Waals surface area contributed by atoms with Crippen LogP contribution in [0, 0.1) is 34.0 Å². The zero-order valence-electron chi connectivity index (χ0n) is 54.1. The molecule has 6 aromatic carbocycles. The summed E-state index contributed by atoms with van der Waals surface area (Å²) in [5.74, 6) is 1.68. The molecule has 6 aliphatic rings. The van der Waals surface area contributed by atoms with Crippen molar-refractivity contribution in [1.82, 2.24) is 0 Å². The lowest BCUT2D eigenvalue weighted by Crippen LogP contribution is -2.29. The van der Waals surface area contributed by atoms with Gasteiger partial charge in [-0.1, -0.05) is 147 Å². The number of aryl methyl sites for hydroxylation is 1. The average Bonchev–Trinajstić information content (AvgIpc) is 1.53. The van der Waals surface area contributed by atoms with Gasteiger partial charge in [-0.3, -0.25) is 9.59 Å². The van der Waals surface area contributed by atoms with Crippen molar-refractivity contribution in [3.05, 3.63) is 203 Å². The van der Waals surface area contributed by atoms with Crippen LogP contribution in [0.4, 0.5) is 22.7 Å². The second-order valence-corrected chi connectivity index (χ2v) is 33.8. The summed E-state index contributed by atoms with van der Waals surface area (Å²) >= 11 is 0. The van der Waals surface area contributed by atoms with Crippen LogP contribution in [0.5, 0.6) is 5.75 Å². The smallest absolute Gasteiger partial charge is 0.311 e. The topological polar surface area (TPSA) is 272 Å². The highest BCUT2D eigenvalue weighted by molar-refractivity contribution is 7.89. The molecular formula is C73H89N7O9S3. The largest absolute Gasteiger partial charge is 0.427 e. The van der Waals surface area contributed by atoms with E-state index in [1.165, 1.54) is 30.0 Å². The van der Waals surface area contributed by atoms with E-state index in [1.807, 2.05) is 96.1 Å². The molecule has 12 rings (SSSR count). The normalized spacial score (nSPS) is 22.6. The Bertz CT molecular complexity index is 3980. The van der Waals surface area contributed by atoms with E-state index in [9.17, 15) is 34.8 Å². The number of rotatable bonds is 13. The van der Waals surface area contributed by atoms with Gasteiger partial charge in [0, 0.05) is 46.9 Å². The Morgan fingerprint density at radius 2 is 0.837 bits per heavy atom. The molecule has 0 radical (unpaired) electrons. The fraction of sp³-hybridized carbons (Fsp3) is 0.397. The summed E-state index contributed by atoms with van der Waals surface area (Å²) in [4.78, 5) is 24.8. The number of amides is 1. The molecular weight excluding hydrogens is 1220 g/mol. The molecule has 10 N–H and O–H groups in total. The number of anilines is 4. The van der Waals surface area contributed by atoms with Crippen molar-refractivity contribution < 1.29 is 39.6 Å². The van der Waals surface area contributed by atoms with E-state index in [0.29, 0.717) is 29.9 Å². The van der Waals surface area contributed by atoms with Crippen LogP contribution < -0.4 is 41.4 Å². The highest BCUT2D eigenvalue weighted by atomic mass is 32.2. The van der Waals surface area contributed by atoms with Crippen molar-refractivity contribution in [2.75, 3.05) is 21.3 Å². The molecule has 19 heteroatoms. The van der Waals surface area contributed by atoms with E-state index in [-0.39, 0.29) is 85.1 Å². The number of benzene rings is 6. The zero-order chi connectivity index (χ0) is 66.3. The maximum atomic E-state index is 12.2. The fourth-order valence-corrected chi connectivity index (χ4v) is 15.4. The molecule has 6 aromatic rings. The monoisotopic (exact) mass is 1300 g/mol. The molecule has 9 atom stereocenters. The van der Waals surface area contributed by atoms with E-state index in [0.717, 1.165) is 76.3 Å². The number of sulfonamides is 3. The number of nitrogens with one attached hydrogen (secondary N) is 4. The van der Waals surface area contributed by atoms with Gasteiger partial charge in [-0.15, -0.1) is 0 Å². The third-order valence-electron chi connectivity index (χ3n) is 18.1. The SMILES string of the molecule is CC(C)(C)CC(=O)Nc1ccc([C@H]2Nc3ccc(S(N)(=O)=O)cc3[C@H]3C=CC[C@H]32)cc1.CC(C)(C)CC(=O)Oc1ccc([C@H]2Nc3ccc(S(N)(=O)=O)cc3[C@H]3C=CC[C@H]32)cc1.CC(C)(C)CCCc1ccc([C@H]2Nc3ccc(S(N)(=O)=O)cc3[C@H]3C=CC[C@H]32)cc1. The Morgan fingerprint density at radius 1 is 0.478 bits per heavy atom. The van der Waals surface area contributed by atoms with Gasteiger partial charge in [0.25, 0.3) is 0 Å². The summed E-state index contributed by atoms with van der Waals surface area (Å²) in [6, 6.07) is 40.2. The van der Waals surface area contributed by atoms with Crippen molar-refractivity contribution in [3.8, 4) is 5.75 Å². The van der Waals surface area contributed by atoms with Gasteiger partial charge in [0.1, 0.15) is 5.75 Å². The molecule has 92 heavy (non-hydrogen) atoms. The van der Waals surface area contributed by atoms with Crippen LogP contribution in [0.2, 0.25) is 0 Å². The molecule has 3 aliphatic carbocycles. The van der Waals surface area contributed by atoms with Gasteiger partial charge in [-0.25, -0.2) is 40.7 Å². The minimum absolute atomic E-state index is 0.00989. The number of fused-ring (bicyclic) bond motifs is 9. The molecule has 0 fully saturated rings. The molecule has 0 bridgehead atoms. The first-order valence-electron chi connectivity index (χ1n) is 31.7. The Balaban J connectivity index is 0.000000151. The maximum absolute atomic E-state index is 12.2. The van der Waals surface area contributed by atoms with Crippen LogP contribution in [-0.4, -0.2) is 37.1 Å². The number of allylic oxidation sites excluding steroid dienone is 6. The molecule has 16 nitrogen and oxygen atoms in total. The molecule has 0 aromatic heterocycles. The third-order valence-corrected chi connectivity index (χ3v) is 20.8. The van der Waals surface area contributed by atoms with Gasteiger partial charge in [-0.2, -0.15) is 0 Å². The molecule has 0 unspecified atom stereocenters. The van der Waals surface area contributed by atoms with Crippen molar-refractivity contribution in [2.24, 2.45) is 49.4 Å². The molecule has 488 valence electrons. The highest BCUT2D eigenvalue weighted by Crippen LogP contribution is 2.53. The lowest BCUT2D eigenvalue weighted by Gasteiger charge is -2.37. The molecule has 3 aliphatic heterocycles. The summed E-state index contributed by atoms with van der Waals surface area (Å²) < 4.78 is 76.2. The second-order valence-electron chi connectivity index (χ2n) is 29.2. The number of nitrogens with two attached hydrogens (primary N) is 3. The van der Waals surface area contributed by atoms with Crippen molar-refractivity contribution in [3.63, 3.8) is 0 Å². The molecule has 0 saturated carbocycles. The lowest BCUT2D eigenvalue weighted by molar-refractivity contribution is -0.136. The fourth-order valence-electron chi connectivity index (χ4n) is 13.8. The number of carbonyl (C=O) groups excluding carboxylic acids is 2. The van der Waals surface area contributed by atoms with Crippen LogP contribution in [-0.2, 0) is 46.1 Å². The van der Waals surface area contributed by atoms with Crippen molar-refractivity contribution in [2.45, 2.75) is 164 Å². The van der Waals surface area contributed by atoms with Gasteiger partial charge in [-0.05, 0) is 190 Å². The summed E-state index contributed by atoms with van der Waals surface area (Å²) in [6.07, 6.45) is 20.2. The van der Waals surface area contributed by atoms with Gasteiger partial charge >= 0.3 is 5.97 Å². The number of carbonyl (C=O) groups is 2. The molecule has 3 heterocycles. The Kier molecular flexibility index (Phi) is 19.5. The minimum atomic E-state index is -3.75. The summed E-state index contributed by atoms with van der Waals surface area (Å²) in [5.41, 5.74) is 11.7. The van der Waals surface area contributed by atoms with Crippen molar-refractivity contribution >= 4 is 64.7 Å². The lowest BCUT2D eigenvalue weighted by atomic mass is 9.77. The Morgan fingerprint density at radius 3 is 1.18 bits per heavy atom. The first-order valence-corrected chi connectivity index (χ1v) is 36.4. The highest BCUT2D eigenvalue weighted by Gasteiger charge is 2.41. The average molecular weight is 1300 g/mol. The Hall–Kier alpha value is -7.39. The van der Waals surface area contributed by atoms with Crippen LogP contribution in [0.25, 0.3) is 0 Å². The summed E-state index contributed by atoms with van der Waals surface area (Å²) in [7, 11) is -11.2. The Labute approximate surface area is 544 Å². The number of esters is 1. The number of primary sulfonamides is 3. The van der Waals surface area contributed by atoms with E-state index in [1.54, 1.807) is 42.5 Å². The maximum Gasteiger partial charge on any atom is 0.311 e. The third kappa shape index (κ3) is 16.5. The molecule has 0 spiro atoms. The number of hydrogen-bond donors (Lipinski definition) is 7.